The molecule has 5 N–H and O–H groups in total. The molecule has 1 aromatic rings. The van der Waals surface area contributed by atoms with Crippen molar-refractivity contribution in [2.75, 3.05) is 25.0 Å². The lowest BCUT2D eigenvalue weighted by Gasteiger charge is -2.30. The van der Waals surface area contributed by atoms with Gasteiger partial charge in [0.2, 0.25) is 0 Å². The van der Waals surface area contributed by atoms with Gasteiger partial charge in [0, 0.05) is 30.9 Å². The Bertz CT molecular complexity index is 605. The van der Waals surface area contributed by atoms with Crippen LogP contribution in [0, 0.1) is 0 Å². The molecule has 4 nitrogen and oxygen atoms in total. The van der Waals surface area contributed by atoms with Crippen LogP contribution in [0.3, 0.4) is 0 Å². The van der Waals surface area contributed by atoms with Gasteiger partial charge in [-0.3, -0.25) is 0 Å². The molecule has 0 bridgehead atoms. The number of hydrogen-bond donors (Lipinski definition) is 4. The summed E-state index contributed by atoms with van der Waals surface area (Å²) in [5.41, 5.74) is 9.88. The van der Waals surface area contributed by atoms with Gasteiger partial charge in [0.05, 0.1) is 6.04 Å². The minimum Gasteiger partial charge on any atom is -0.382 e. The van der Waals surface area contributed by atoms with Crippen LogP contribution in [0.5, 0.6) is 0 Å². The van der Waals surface area contributed by atoms with Gasteiger partial charge in [0.1, 0.15) is 5.60 Å². The first kappa shape index (κ1) is 18.7. The summed E-state index contributed by atoms with van der Waals surface area (Å²) in [4.78, 5) is 0. The van der Waals surface area contributed by atoms with Crippen molar-refractivity contribution < 1.29 is 5.11 Å². The molecular formula is C20H31N3O. The molecule has 2 unspecified atom stereocenters. The monoisotopic (exact) mass is 329 g/mol. The quantitative estimate of drug-likeness (QED) is 0.437. The van der Waals surface area contributed by atoms with E-state index in [4.69, 9.17) is 5.73 Å². The standard InChI is InChI=1S/C20H31N3O/c1-15(2)7-6-8-16(3)11-12-22-13-19(21)20(24)14-23-18-10-5-4-9-17(18)20/h4-5,7,9-11,19,22-24H,6,8,12-14,21H2,1-3H3. The zero-order valence-corrected chi connectivity index (χ0v) is 15.1. The van der Waals surface area contributed by atoms with Gasteiger partial charge in [-0.2, -0.15) is 0 Å². The molecule has 1 aromatic carbocycles. The SMILES string of the molecule is CC(C)=CCCC(C)=CCNCC(N)C1(O)CNc2ccccc21. The Morgan fingerprint density at radius 2 is 2.08 bits per heavy atom. The predicted molar refractivity (Wildman–Crippen MR) is 102 cm³/mol. The molecule has 0 spiro atoms. The second kappa shape index (κ2) is 8.47. The Balaban J connectivity index is 1.80. The molecule has 1 aliphatic heterocycles. The molecule has 0 saturated carbocycles. The summed E-state index contributed by atoms with van der Waals surface area (Å²) in [6.07, 6.45) is 6.64. The Morgan fingerprint density at radius 1 is 1.33 bits per heavy atom. The van der Waals surface area contributed by atoms with Crippen LogP contribution in [0.25, 0.3) is 0 Å². The maximum Gasteiger partial charge on any atom is 0.125 e. The van der Waals surface area contributed by atoms with E-state index in [1.54, 1.807) is 0 Å². The molecular weight excluding hydrogens is 298 g/mol. The number of anilines is 1. The summed E-state index contributed by atoms with van der Waals surface area (Å²) in [5.74, 6) is 0. The van der Waals surface area contributed by atoms with E-state index in [0.717, 1.165) is 30.6 Å². The Morgan fingerprint density at radius 3 is 2.83 bits per heavy atom. The minimum absolute atomic E-state index is 0.354. The van der Waals surface area contributed by atoms with Crippen molar-refractivity contribution in [3.05, 3.63) is 53.1 Å². The van der Waals surface area contributed by atoms with E-state index in [-0.39, 0.29) is 6.04 Å². The zero-order chi connectivity index (χ0) is 17.6. The maximum absolute atomic E-state index is 10.9. The van der Waals surface area contributed by atoms with Crippen LogP contribution in [0.1, 0.15) is 39.2 Å². The molecule has 0 amide bonds. The van der Waals surface area contributed by atoms with E-state index in [0.29, 0.717) is 13.1 Å². The molecule has 2 rings (SSSR count). The van der Waals surface area contributed by atoms with Gasteiger partial charge in [0.15, 0.2) is 0 Å². The number of nitrogens with two attached hydrogens (primary N) is 1. The van der Waals surface area contributed by atoms with E-state index in [9.17, 15) is 5.11 Å². The molecule has 0 aromatic heterocycles. The molecule has 0 saturated heterocycles. The fourth-order valence-corrected chi connectivity index (χ4v) is 3.02. The zero-order valence-electron chi connectivity index (χ0n) is 15.1. The van der Waals surface area contributed by atoms with Crippen molar-refractivity contribution in [3.8, 4) is 0 Å². The number of allylic oxidation sites excluding steroid dienone is 3. The lowest BCUT2D eigenvalue weighted by atomic mass is 9.88. The lowest BCUT2D eigenvalue weighted by Crippen LogP contribution is -2.52. The first-order chi connectivity index (χ1) is 11.4. The Kier molecular flexibility index (Phi) is 6.60. The second-order valence-electron chi connectivity index (χ2n) is 6.96. The third kappa shape index (κ3) is 4.69. The molecule has 24 heavy (non-hydrogen) atoms. The highest BCUT2D eigenvalue weighted by Gasteiger charge is 2.41. The first-order valence-corrected chi connectivity index (χ1v) is 8.74. The van der Waals surface area contributed by atoms with Gasteiger partial charge in [-0.05, 0) is 39.7 Å². The van der Waals surface area contributed by atoms with Crippen molar-refractivity contribution in [1.29, 1.82) is 0 Å². The minimum atomic E-state index is -1.01. The Hall–Kier alpha value is -1.62. The van der Waals surface area contributed by atoms with Gasteiger partial charge in [-0.25, -0.2) is 0 Å². The normalized spacial score (nSPS) is 21.1. The van der Waals surface area contributed by atoms with Gasteiger partial charge in [0.25, 0.3) is 0 Å². The average molecular weight is 329 g/mol. The van der Waals surface area contributed by atoms with Crippen molar-refractivity contribution in [3.63, 3.8) is 0 Å². The van der Waals surface area contributed by atoms with Crippen molar-refractivity contribution in [1.82, 2.24) is 5.32 Å². The average Bonchev–Trinajstić information content (AvgIpc) is 2.90. The van der Waals surface area contributed by atoms with E-state index < -0.39 is 5.60 Å². The van der Waals surface area contributed by atoms with Crippen molar-refractivity contribution >= 4 is 5.69 Å². The topological polar surface area (TPSA) is 70.3 Å². The number of aliphatic hydroxyl groups is 1. The van der Waals surface area contributed by atoms with Crippen LogP contribution in [0.4, 0.5) is 5.69 Å². The summed E-state index contributed by atoms with van der Waals surface area (Å²) < 4.78 is 0. The molecule has 0 aliphatic carbocycles. The van der Waals surface area contributed by atoms with E-state index in [2.05, 4.69) is 43.6 Å². The van der Waals surface area contributed by atoms with Gasteiger partial charge in [-0.1, -0.05) is 41.5 Å². The summed E-state index contributed by atoms with van der Waals surface area (Å²) in [7, 11) is 0. The number of fused-ring (bicyclic) bond motifs is 1. The van der Waals surface area contributed by atoms with E-state index in [1.807, 2.05) is 24.3 Å². The van der Waals surface area contributed by atoms with Gasteiger partial charge in [-0.15, -0.1) is 0 Å². The molecule has 0 fully saturated rings. The molecule has 4 heteroatoms. The third-order valence-electron chi connectivity index (χ3n) is 4.61. The maximum atomic E-state index is 10.9. The van der Waals surface area contributed by atoms with Crippen LogP contribution in [-0.2, 0) is 5.60 Å². The van der Waals surface area contributed by atoms with Gasteiger partial charge < -0.3 is 21.5 Å². The number of hydrogen-bond acceptors (Lipinski definition) is 4. The largest absolute Gasteiger partial charge is 0.382 e. The van der Waals surface area contributed by atoms with E-state index >= 15 is 0 Å². The highest BCUT2D eigenvalue weighted by atomic mass is 16.3. The van der Waals surface area contributed by atoms with Crippen molar-refractivity contribution in [2.24, 2.45) is 5.73 Å². The Labute approximate surface area is 145 Å². The molecule has 132 valence electrons. The van der Waals surface area contributed by atoms with Crippen LogP contribution >= 0.6 is 0 Å². The summed E-state index contributed by atoms with van der Waals surface area (Å²) in [6.45, 7) is 8.23. The van der Waals surface area contributed by atoms with Crippen LogP contribution in [-0.4, -0.2) is 30.8 Å². The first-order valence-electron chi connectivity index (χ1n) is 8.74. The predicted octanol–water partition coefficient (Wildman–Crippen LogP) is 2.91. The van der Waals surface area contributed by atoms with Crippen LogP contribution in [0.2, 0.25) is 0 Å². The van der Waals surface area contributed by atoms with Crippen molar-refractivity contribution in [2.45, 2.75) is 45.3 Å². The number of para-hydroxylation sites is 1. The molecule has 1 aliphatic rings. The number of β-amino-alcohol motifs (C(OH)–C–C–N with tert-alkyl or cyclic N) is 1. The van der Waals surface area contributed by atoms with Gasteiger partial charge >= 0.3 is 0 Å². The fourth-order valence-electron chi connectivity index (χ4n) is 3.02. The molecule has 1 heterocycles. The molecule has 2 atom stereocenters. The summed E-state index contributed by atoms with van der Waals surface area (Å²) in [6, 6.07) is 7.47. The van der Waals surface area contributed by atoms with E-state index in [1.165, 1.54) is 11.1 Å². The fraction of sp³-hybridized carbons (Fsp3) is 0.500. The third-order valence-corrected chi connectivity index (χ3v) is 4.61. The van der Waals surface area contributed by atoms with Crippen LogP contribution < -0.4 is 16.4 Å². The smallest absolute Gasteiger partial charge is 0.125 e. The highest BCUT2D eigenvalue weighted by molar-refractivity contribution is 5.59. The van der Waals surface area contributed by atoms with Crippen LogP contribution in [0.15, 0.2) is 47.6 Å². The summed E-state index contributed by atoms with van der Waals surface area (Å²) >= 11 is 0. The number of benzene rings is 1. The lowest BCUT2D eigenvalue weighted by molar-refractivity contribution is 0.0303. The molecule has 0 radical (unpaired) electrons. The second-order valence-corrected chi connectivity index (χ2v) is 6.96. The number of rotatable bonds is 8. The summed E-state index contributed by atoms with van der Waals surface area (Å²) in [5, 5.41) is 17.5. The highest BCUT2D eigenvalue weighted by Crippen LogP contribution is 2.36. The number of nitrogens with one attached hydrogen (secondary N) is 2.